The van der Waals surface area contributed by atoms with Gasteiger partial charge in [-0.15, -0.1) is 0 Å². The van der Waals surface area contributed by atoms with Crippen LogP contribution in [0.5, 0.6) is 0 Å². The Kier molecular flexibility index (Phi) is 5.66. The molecule has 1 aromatic heterocycles. The summed E-state index contributed by atoms with van der Waals surface area (Å²) in [7, 11) is 0. The van der Waals surface area contributed by atoms with Crippen LogP contribution >= 0.6 is 0 Å². The zero-order valence-corrected chi connectivity index (χ0v) is 17.5. The van der Waals surface area contributed by atoms with Crippen molar-refractivity contribution >= 4 is 23.5 Å². The Morgan fingerprint density at radius 1 is 0.968 bits per heavy atom. The van der Waals surface area contributed by atoms with Gasteiger partial charge in [0.15, 0.2) is 0 Å². The van der Waals surface area contributed by atoms with E-state index in [1.807, 2.05) is 44.2 Å². The lowest BCUT2D eigenvalue weighted by atomic mass is 10.0. The summed E-state index contributed by atoms with van der Waals surface area (Å²) in [5.74, 6) is -0.795. The van der Waals surface area contributed by atoms with Crippen molar-refractivity contribution in [1.29, 1.82) is 0 Å². The van der Waals surface area contributed by atoms with Crippen molar-refractivity contribution < 1.29 is 14.4 Å². The van der Waals surface area contributed by atoms with Crippen molar-refractivity contribution in [3.63, 3.8) is 0 Å². The number of hydrogen-bond acceptors (Lipinski definition) is 4. The Morgan fingerprint density at radius 2 is 1.58 bits per heavy atom. The van der Waals surface area contributed by atoms with Gasteiger partial charge >= 0.3 is 0 Å². The molecule has 4 rings (SSSR count). The first kappa shape index (κ1) is 20.5. The van der Waals surface area contributed by atoms with E-state index in [2.05, 4.69) is 10.4 Å². The van der Waals surface area contributed by atoms with Crippen LogP contribution in [0, 0.1) is 0 Å². The number of benzene rings is 2. The number of fused-ring (bicyclic) bond motifs is 1. The molecular formula is C24H24N4O3. The number of nitrogens with one attached hydrogen (secondary N) is 1. The van der Waals surface area contributed by atoms with Crippen molar-refractivity contribution in [2.75, 3.05) is 5.32 Å². The lowest BCUT2D eigenvalue weighted by Gasteiger charge is -2.26. The Morgan fingerprint density at radius 3 is 2.19 bits per heavy atom. The van der Waals surface area contributed by atoms with Crippen LogP contribution in [0.2, 0.25) is 0 Å². The molecule has 3 aromatic rings. The zero-order valence-electron chi connectivity index (χ0n) is 17.5. The summed E-state index contributed by atoms with van der Waals surface area (Å²) in [5, 5.41) is 7.18. The van der Waals surface area contributed by atoms with Crippen LogP contribution in [0.25, 0.3) is 0 Å². The molecule has 1 aliphatic rings. The molecule has 0 bridgehead atoms. The van der Waals surface area contributed by atoms with E-state index in [-0.39, 0.29) is 12.5 Å². The van der Waals surface area contributed by atoms with Crippen LogP contribution in [0.1, 0.15) is 52.6 Å². The largest absolute Gasteiger partial charge is 0.309 e. The molecular weight excluding hydrogens is 392 g/mol. The molecule has 0 aliphatic carbocycles. The second-order valence-electron chi connectivity index (χ2n) is 7.64. The lowest BCUT2D eigenvalue weighted by molar-refractivity contribution is -0.120. The second kappa shape index (κ2) is 8.55. The Hall–Kier alpha value is -3.74. The van der Waals surface area contributed by atoms with Crippen LogP contribution in [0.15, 0.2) is 66.9 Å². The molecule has 7 heteroatoms. The molecule has 0 unspecified atom stereocenters. The number of amides is 3. The highest BCUT2D eigenvalue weighted by molar-refractivity contribution is 6.23. The van der Waals surface area contributed by atoms with Crippen molar-refractivity contribution in [1.82, 2.24) is 14.7 Å². The minimum Gasteiger partial charge on any atom is -0.309 e. The van der Waals surface area contributed by atoms with Crippen molar-refractivity contribution in [2.24, 2.45) is 0 Å². The lowest BCUT2D eigenvalue weighted by Crippen LogP contribution is -2.48. The molecule has 2 aromatic carbocycles. The van der Waals surface area contributed by atoms with Crippen molar-refractivity contribution in [2.45, 2.75) is 38.8 Å². The number of rotatable bonds is 7. The maximum atomic E-state index is 13.4. The highest BCUT2D eigenvalue weighted by Crippen LogP contribution is 2.27. The first-order valence-electron chi connectivity index (χ1n) is 10.4. The average molecular weight is 416 g/mol. The normalized spacial score (nSPS) is 15.0. The quantitative estimate of drug-likeness (QED) is 0.595. The van der Waals surface area contributed by atoms with E-state index in [0.29, 0.717) is 16.9 Å². The van der Waals surface area contributed by atoms with Gasteiger partial charge in [0.05, 0.1) is 23.4 Å². The van der Waals surface area contributed by atoms with Gasteiger partial charge in [-0.3, -0.25) is 19.3 Å². The van der Waals surface area contributed by atoms with Crippen LogP contribution in [0.4, 0.5) is 5.82 Å². The van der Waals surface area contributed by atoms with Gasteiger partial charge in [-0.1, -0.05) is 49.4 Å². The average Bonchev–Trinajstić information content (AvgIpc) is 3.35. The smallest absolute Gasteiger partial charge is 0.262 e. The number of hydrogen-bond donors (Lipinski definition) is 1. The van der Waals surface area contributed by atoms with Gasteiger partial charge in [-0.25, -0.2) is 4.68 Å². The molecule has 158 valence electrons. The summed E-state index contributed by atoms with van der Waals surface area (Å²) < 4.78 is 1.74. The minimum absolute atomic E-state index is 0.0946. The Balaban J connectivity index is 1.67. The molecule has 2 atom stereocenters. The summed E-state index contributed by atoms with van der Waals surface area (Å²) in [4.78, 5) is 40.6. The van der Waals surface area contributed by atoms with Crippen LogP contribution < -0.4 is 5.32 Å². The van der Waals surface area contributed by atoms with E-state index in [4.69, 9.17) is 0 Å². The van der Waals surface area contributed by atoms with Gasteiger partial charge in [0, 0.05) is 12.5 Å². The summed E-state index contributed by atoms with van der Waals surface area (Å²) in [5.41, 5.74) is 1.50. The third-order valence-corrected chi connectivity index (χ3v) is 5.64. The van der Waals surface area contributed by atoms with Crippen LogP contribution in [0.3, 0.4) is 0 Å². The third kappa shape index (κ3) is 3.86. The van der Waals surface area contributed by atoms with Gasteiger partial charge in [0.2, 0.25) is 5.91 Å². The Bertz CT molecular complexity index is 1090. The molecule has 0 spiro atoms. The fourth-order valence-corrected chi connectivity index (χ4v) is 3.78. The molecule has 31 heavy (non-hydrogen) atoms. The Labute approximate surface area is 180 Å². The van der Waals surface area contributed by atoms with Crippen LogP contribution in [-0.4, -0.2) is 38.4 Å². The summed E-state index contributed by atoms with van der Waals surface area (Å²) in [6, 6.07) is 16.8. The molecule has 2 heterocycles. The first-order chi connectivity index (χ1) is 15.0. The molecule has 0 radical (unpaired) electrons. The maximum Gasteiger partial charge on any atom is 0.262 e. The molecule has 3 amide bonds. The van der Waals surface area contributed by atoms with Gasteiger partial charge in [0.25, 0.3) is 11.8 Å². The number of aromatic nitrogens is 2. The number of anilines is 1. The van der Waals surface area contributed by atoms with Gasteiger partial charge in [-0.05, 0) is 31.0 Å². The number of carbonyl (C=O) groups excluding carboxylic acids is 3. The SMILES string of the molecule is CC[C@H](C)n1nccc1NC(=O)[C@H](Cc1ccccc1)N1C(=O)c2ccccc2C1=O. The monoisotopic (exact) mass is 416 g/mol. The van der Waals surface area contributed by atoms with Crippen molar-refractivity contribution in [3.8, 4) is 0 Å². The van der Waals surface area contributed by atoms with E-state index in [1.165, 1.54) is 0 Å². The number of nitrogens with zero attached hydrogens (tertiary/aromatic N) is 3. The fraction of sp³-hybridized carbons (Fsp3) is 0.250. The van der Waals surface area contributed by atoms with Crippen LogP contribution in [-0.2, 0) is 11.2 Å². The highest BCUT2D eigenvalue weighted by Gasteiger charge is 2.42. The number of imide groups is 1. The van der Waals surface area contributed by atoms with E-state index in [1.54, 1.807) is 41.2 Å². The van der Waals surface area contributed by atoms with Crippen molar-refractivity contribution in [3.05, 3.63) is 83.6 Å². The minimum atomic E-state index is -0.991. The molecule has 1 aliphatic heterocycles. The maximum absolute atomic E-state index is 13.4. The zero-order chi connectivity index (χ0) is 22.0. The van der Waals surface area contributed by atoms with E-state index >= 15 is 0 Å². The highest BCUT2D eigenvalue weighted by atomic mass is 16.2. The molecule has 0 saturated heterocycles. The fourth-order valence-electron chi connectivity index (χ4n) is 3.78. The van der Waals surface area contributed by atoms with E-state index in [9.17, 15) is 14.4 Å². The third-order valence-electron chi connectivity index (χ3n) is 5.64. The second-order valence-corrected chi connectivity index (χ2v) is 7.64. The van der Waals surface area contributed by atoms with Gasteiger partial charge < -0.3 is 5.32 Å². The summed E-state index contributed by atoms with van der Waals surface area (Å²) >= 11 is 0. The standard InChI is InChI=1S/C24H24N4O3/c1-3-16(2)28-21(13-14-25-28)26-22(29)20(15-17-9-5-4-6-10-17)27-23(30)18-11-7-8-12-19(18)24(27)31/h4-14,16,20H,3,15H2,1-2H3,(H,26,29)/t16-,20-/m0/s1. The summed E-state index contributed by atoms with van der Waals surface area (Å²) in [6.07, 6.45) is 2.68. The van der Waals surface area contributed by atoms with E-state index in [0.717, 1.165) is 16.9 Å². The van der Waals surface area contributed by atoms with Gasteiger partial charge in [0.1, 0.15) is 11.9 Å². The summed E-state index contributed by atoms with van der Waals surface area (Å²) in [6.45, 7) is 4.04. The molecule has 1 N–H and O–H groups in total. The topological polar surface area (TPSA) is 84.3 Å². The molecule has 0 saturated carbocycles. The first-order valence-corrected chi connectivity index (χ1v) is 10.4. The number of carbonyl (C=O) groups is 3. The van der Waals surface area contributed by atoms with Gasteiger partial charge in [-0.2, -0.15) is 5.10 Å². The molecule has 7 nitrogen and oxygen atoms in total. The molecule has 0 fully saturated rings. The predicted octanol–water partition coefficient (Wildman–Crippen LogP) is 3.70. The predicted molar refractivity (Wildman–Crippen MR) is 117 cm³/mol. The van der Waals surface area contributed by atoms with E-state index < -0.39 is 23.8 Å².